The van der Waals surface area contributed by atoms with Crippen LogP contribution in [0.3, 0.4) is 0 Å². The average molecular weight is 371 g/mol. The summed E-state index contributed by atoms with van der Waals surface area (Å²) in [6.07, 6.45) is 3.40. The molecule has 1 N–H and O–H groups in total. The number of aromatic amines is 1. The van der Waals surface area contributed by atoms with Gasteiger partial charge in [-0.2, -0.15) is 0 Å². The first kappa shape index (κ1) is 19.0. The van der Waals surface area contributed by atoms with E-state index >= 15 is 0 Å². The number of hydrogen-bond donors (Lipinski definition) is 1. The number of rotatable bonds is 7. The van der Waals surface area contributed by atoms with Gasteiger partial charge in [0, 0.05) is 43.5 Å². The topological polar surface area (TPSA) is 107 Å². The van der Waals surface area contributed by atoms with Crippen molar-refractivity contribution in [3.8, 4) is 0 Å². The highest BCUT2D eigenvalue weighted by atomic mass is 35.5. The molecule has 2 rings (SSSR count). The summed E-state index contributed by atoms with van der Waals surface area (Å²) >= 11 is 5.50. The van der Waals surface area contributed by atoms with Crippen molar-refractivity contribution in [2.45, 2.75) is 26.8 Å². The largest absolute Gasteiger partial charge is 0.466 e. The minimum absolute atomic E-state index is 0.0402. The zero-order valence-electron chi connectivity index (χ0n) is 13.9. The Morgan fingerprint density at radius 2 is 2.04 bits per heavy atom. The zero-order chi connectivity index (χ0) is 18.6. The monoisotopic (exact) mass is 370 g/mol. The highest BCUT2D eigenvalue weighted by Crippen LogP contribution is 2.54. The van der Waals surface area contributed by atoms with Gasteiger partial charge in [-0.15, -0.1) is 0 Å². The second-order valence-corrected chi connectivity index (χ2v) is 6.36. The second kappa shape index (κ2) is 7.69. The molecule has 0 aromatic carbocycles. The maximum atomic E-state index is 12.1. The number of ether oxygens (including phenoxy) is 2. The normalized spacial score (nSPS) is 22.0. The molecule has 0 bridgehead atoms. The third-order valence-electron chi connectivity index (χ3n) is 4.18. The van der Waals surface area contributed by atoms with Crippen LogP contribution in [0.5, 0.6) is 0 Å². The van der Waals surface area contributed by atoms with Gasteiger partial charge in [0.15, 0.2) is 0 Å². The molecule has 8 nitrogen and oxygen atoms in total. The van der Waals surface area contributed by atoms with E-state index in [2.05, 4.69) is 4.98 Å². The lowest BCUT2D eigenvalue weighted by Gasteiger charge is -2.18. The predicted octanol–water partition coefficient (Wildman–Crippen LogP) is 0.879. The molecule has 1 aromatic heterocycles. The summed E-state index contributed by atoms with van der Waals surface area (Å²) in [7, 11) is 0. The lowest BCUT2D eigenvalue weighted by Crippen LogP contribution is -2.35. The van der Waals surface area contributed by atoms with Gasteiger partial charge in [-0.05, 0) is 12.5 Å². The maximum absolute atomic E-state index is 12.1. The molecule has 25 heavy (non-hydrogen) atoms. The van der Waals surface area contributed by atoms with E-state index in [0.717, 1.165) is 0 Å². The van der Waals surface area contributed by atoms with E-state index in [0.29, 0.717) is 6.42 Å². The van der Waals surface area contributed by atoms with E-state index in [-0.39, 0.29) is 31.2 Å². The van der Waals surface area contributed by atoms with Gasteiger partial charge in [0.1, 0.15) is 0 Å². The molecule has 2 atom stereocenters. The summed E-state index contributed by atoms with van der Waals surface area (Å²) in [6, 6.07) is 0. The summed E-state index contributed by atoms with van der Waals surface area (Å²) in [5, 5.41) is 0. The zero-order valence-corrected chi connectivity index (χ0v) is 14.7. The van der Waals surface area contributed by atoms with E-state index in [9.17, 15) is 19.2 Å². The molecule has 2 unspecified atom stereocenters. The first-order valence-electron chi connectivity index (χ1n) is 7.64. The number of nitrogens with zero attached hydrogens (tertiary/aromatic N) is 1. The fraction of sp³-hybridized carbons (Fsp3) is 0.500. The highest BCUT2D eigenvalue weighted by Gasteiger charge is 2.56. The Labute approximate surface area is 148 Å². The lowest BCUT2D eigenvalue weighted by molar-refractivity contribution is -0.145. The highest BCUT2D eigenvalue weighted by molar-refractivity contribution is 6.27. The van der Waals surface area contributed by atoms with Crippen LogP contribution in [0, 0.1) is 11.3 Å². The summed E-state index contributed by atoms with van der Waals surface area (Å²) in [5.74, 6) is -0.872. The Kier molecular flexibility index (Phi) is 5.84. The van der Waals surface area contributed by atoms with Gasteiger partial charge in [-0.1, -0.05) is 11.6 Å². The van der Waals surface area contributed by atoms with Crippen molar-refractivity contribution in [2.24, 2.45) is 11.3 Å². The molecule has 0 amide bonds. The standard InChI is InChI=1S/C16H19ClN2O6/c1-10(20)24-7-13-5-16(13,9-25-11(2)21)8-19-6-12(3-4-17)14(22)18-15(19)23/h3-4,6,13H,5,7-9H2,1-2H3,(H,18,22,23). The molecule has 0 saturated heterocycles. The first-order valence-corrected chi connectivity index (χ1v) is 8.08. The van der Waals surface area contributed by atoms with Crippen LogP contribution < -0.4 is 11.2 Å². The Hall–Kier alpha value is -2.35. The number of esters is 2. The van der Waals surface area contributed by atoms with E-state index in [1.165, 1.54) is 36.2 Å². The van der Waals surface area contributed by atoms with Crippen molar-refractivity contribution in [1.82, 2.24) is 9.55 Å². The Bertz CT molecular complexity index is 812. The van der Waals surface area contributed by atoms with Crippen LogP contribution in [-0.4, -0.2) is 34.7 Å². The third-order valence-corrected chi connectivity index (χ3v) is 4.30. The van der Waals surface area contributed by atoms with E-state index < -0.39 is 28.6 Å². The van der Waals surface area contributed by atoms with Crippen molar-refractivity contribution in [1.29, 1.82) is 0 Å². The summed E-state index contributed by atoms with van der Waals surface area (Å²) in [5.41, 5.74) is -0.231. The van der Waals surface area contributed by atoms with Gasteiger partial charge < -0.3 is 9.47 Å². The Balaban J connectivity index is 2.24. The van der Waals surface area contributed by atoms with Gasteiger partial charge in [0.05, 0.1) is 18.8 Å². The summed E-state index contributed by atoms with van der Waals surface area (Å²) < 4.78 is 11.5. The predicted molar refractivity (Wildman–Crippen MR) is 90.0 cm³/mol. The molecule has 136 valence electrons. The van der Waals surface area contributed by atoms with E-state index in [4.69, 9.17) is 21.1 Å². The molecular weight excluding hydrogens is 352 g/mol. The van der Waals surface area contributed by atoms with Gasteiger partial charge >= 0.3 is 17.6 Å². The van der Waals surface area contributed by atoms with Crippen molar-refractivity contribution >= 4 is 29.6 Å². The molecule has 1 saturated carbocycles. The molecule has 0 aliphatic heterocycles. The molecule has 1 heterocycles. The van der Waals surface area contributed by atoms with Crippen molar-refractivity contribution in [2.75, 3.05) is 13.2 Å². The number of halogens is 1. The van der Waals surface area contributed by atoms with Crippen LogP contribution in [0.15, 0.2) is 21.3 Å². The smallest absolute Gasteiger partial charge is 0.328 e. The number of H-pyrrole nitrogens is 1. The number of nitrogens with one attached hydrogen (secondary N) is 1. The molecule has 1 fully saturated rings. The first-order chi connectivity index (χ1) is 11.8. The van der Waals surface area contributed by atoms with Crippen LogP contribution in [0.4, 0.5) is 0 Å². The number of carbonyl (C=O) groups is 2. The van der Waals surface area contributed by atoms with Gasteiger partial charge in [-0.25, -0.2) is 4.79 Å². The van der Waals surface area contributed by atoms with E-state index in [1.54, 1.807) is 0 Å². The fourth-order valence-corrected chi connectivity index (χ4v) is 2.85. The third kappa shape index (κ3) is 4.82. The molecule has 0 radical (unpaired) electrons. The second-order valence-electron chi connectivity index (χ2n) is 6.11. The minimum atomic E-state index is -0.572. The van der Waals surface area contributed by atoms with Gasteiger partial charge in [0.25, 0.3) is 5.56 Å². The number of hydrogen-bond acceptors (Lipinski definition) is 6. The quantitative estimate of drug-likeness (QED) is 0.714. The number of carbonyl (C=O) groups excluding carboxylic acids is 2. The molecular formula is C16H19ClN2O6. The van der Waals surface area contributed by atoms with Crippen molar-refractivity contribution in [3.63, 3.8) is 0 Å². The molecule has 1 aliphatic carbocycles. The lowest BCUT2D eigenvalue weighted by atomic mass is 10.1. The van der Waals surface area contributed by atoms with Gasteiger partial charge in [-0.3, -0.25) is 23.9 Å². The summed E-state index contributed by atoms with van der Waals surface area (Å²) in [4.78, 5) is 48.1. The van der Waals surface area contributed by atoms with Crippen LogP contribution in [0.2, 0.25) is 0 Å². The SMILES string of the molecule is CC(=O)OCC1CC1(COC(C)=O)Cn1cc(C=CCl)c(=O)[nH]c1=O. The van der Waals surface area contributed by atoms with Crippen LogP contribution in [-0.2, 0) is 25.6 Å². The maximum Gasteiger partial charge on any atom is 0.328 e. The van der Waals surface area contributed by atoms with Gasteiger partial charge in [0.2, 0.25) is 0 Å². The van der Waals surface area contributed by atoms with Crippen LogP contribution in [0.1, 0.15) is 25.8 Å². The van der Waals surface area contributed by atoms with Crippen molar-refractivity contribution in [3.05, 3.63) is 38.1 Å². The molecule has 9 heteroatoms. The van der Waals surface area contributed by atoms with Crippen molar-refractivity contribution < 1.29 is 19.1 Å². The molecule has 0 spiro atoms. The van der Waals surface area contributed by atoms with E-state index in [1.807, 2.05) is 0 Å². The Morgan fingerprint density at radius 1 is 1.36 bits per heavy atom. The minimum Gasteiger partial charge on any atom is -0.466 e. The fourth-order valence-electron chi connectivity index (χ4n) is 2.72. The molecule has 1 aromatic rings. The summed E-state index contributed by atoms with van der Waals surface area (Å²) in [6.45, 7) is 3.11. The van der Waals surface area contributed by atoms with Crippen LogP contribution >= 0.6 is 11.6 Å². The number of aromatic nitrogens is 2. The molecule has 1 aliphatic rings. The van der Waals surface area contributed by atoms with Crippen LogP contribution in [0.25, 0.3) is 6.08 Å². The Morgan fingerprint density at radius 3 is 2.64 bits per heavy atom. The average Bonchev–Trinajstić information content (AvgIpc) is 3.21.